The third kappa shape index (κ3) is 3.67. The van der Waals surface area contributed by atoms with E-state index in [4.69, 9.17) is 0 Å². The van der Waals surface area contributed by atoms with Gasteiger partial charge in [0.05, 0.1) is 5.56 Å². The smallest absolute Gasteiger partial charge is 0.253 e. The van der Waals surface area contributed by atoms with Crippen LogP contribution in [0.25, 0.3) is 0 Å². The number of hydrogen-bond donors (Lipinski definition) is 1. The maximum Gasteiger partial charge on any atom is 0.253 e. The van der Waals surface area contributed by atoms with Gasteiger partial charge in [0.15, 0.2) is 0 Å². The van der Waals surface area contributed by atoms with Crippen LogP contribution in [0.4, 0.5) is 15.9 Å². The fourth-order valence-corrected chi connectivity index (χ4v) is 3.37. The molecule has 0 saturated carbocycles. The summed E-state index contributed by atoms with van der Waals surface area (Å²) in [5.74, 6) is 0.235. The number of benzene rings is 2. The number of carbonyl (C=O) groups excluding carboxylic acids is 1. The number of halogens is 1. The van der Waals surface area contributed by atoms with E-state index in [1.54, 1.807) is 30.5 Å². The molecule has 2 heterocycles. The molecule has 0 unspecified atom stereocenters. The Bertz CT molecular complexity index is 956. The molecular weight excluding hydrogens is 341 g/mol. The molecule has 1 amide bonds. The van der Waals surface area contributed by atoms with Crippen molar-refractivity contribution in [1.29, 1.82) is 0 Å². The predicted octanol–water partition coefficient (Wildman–Crippen LogP) is 4.24. The van der Waals surface area contributed by atoms with Crippen LogP contribution < -0.4 is 10.2 Å². The van der Waals surface area contributed by atoms with Crippen LogP contribution >= 0.6 is 0 Å². The summed E-state index contributed by atoms with van der Waals surface area (Å²) in [5, 5.41) is 2.74. The van der Waals surface area contributed by atoms with Crippen molar-refractivity contribution in [1.82, 2.24) is 10.3 Å². The number of pyridine rings is 1. The second-order valence-corrected chi connectivity index (χ2v) is 6.56. The van der Waals surface area contributed by atoms with Gasteiger partial charge in [-0.1, -0.05) is 36.4 Å². The minimum Gasteiger partial charge on any atom is -0.348 e. The zero-order valence-electron chi connectivity index (χ0n) is 14.9. The van der Waals surface area contributed by atoms with Crippen molar-refractivity contribution >= 4 is 17.4 Å². The molecule has 3 aromatic rings. The van der Waals surface area contributed by atoms with Gasteiger partial charge in [-0.2, -0.15) is 0 Å². The van der Waals surface area contributed by atoms with Crippen LogP contribution in [0.15, 0.2) is 66.9 Å². The highest BCUT2D eigenvalue weighted by Gasteiger charge is 2.19. The summed E-state index contributed by atoms with van der Waals surface area (Å²) < 4.78 is 13.7. The molecule has 0 spiro atoms. The Morgan fingerprint density at radius 3 is 2.70 bits per heavy atom. The van der Waals surface area contributed by atoms with Gasteiger partial charge in [-0.05, 0) is 42.7 Å². The highest BCUT2D eigenvalue weighted by molar-refractivity contribution is 5.94. The van der Waals surface area contributed by atoms with Crippen LogP contribution in [-0.2, 0) is 13.0 Å². The average Bonchev–Trinajstić information content (AvgIpc) is 2.73. The van der Waals surface area contributed by atoms with Gasteiger partial charge in [0.25, 0.3) is 5.91 Å². The van der Waals surface area contributed by atoms with E-state index < -0.39 is 0 Å². The number of para-hydroxylation sites is 1. The van der Waals surface area contributed by atoms with Crippen molar-refractivity contribution in [2.75, 3.05) is 11.4 Å². The minimum absolute atomic E-state index is 0.146. The molecule has 4 nitrogen and oxygen atoms in total. The van der Waals surface area contributed by atoms with Crippen molar-refractivity contribution in [3.05, 3.63) is 89.4 Å². The number of amides is 1. The summed E-state index contributed by atoms with van der Waals surface area (Å²) in [4.78, 5) is 19.0. The van der Waals surface area contributed by atoms with Gasteiger partial charge in [0.2, 0.25) is 0 Å². The lowest BCUT2D eigenvalue weighted by atomic mass is 10.0. The molecule has 2 aromatic carbocycles. The van der Waals surface area contributed by atoms with Crippen LogP contribution in [0.2, 0.25) is 0 Å². The van der Waals surface area contributed by atoms with Crippen molar-refractivity contribution in [2.45, 2.75) is 19.4 Å². The number of hydrogen-bond acceptors (Lipinski definition) is 3. The molecule has 136 valence electrons. The molecule has 4 rings (SSSR count). The molecule has 0 fully saturated rings. The maximum absolute atomic E-state index is 13.7. The minimum atomic E-state index is -0.324. The molecule has 1 aliphatic rings. The predicted molar refractivity (Wildman–Crippen MR) is 104 cm³/mol. The fraction of sp³-hybridized carbons (Fsp3) is 0.182. The summed E-state index contributed by atoms with van der Waals surface area (Å²) in [5.41, 5.74) is 3.41. The normalized spacial score (nSPS) is 13.1. The van der Waals surface area contributed by atoms with Gasteiger partial charge in [0.1, 0.15) is 11.6 Å². The highest BCUT2D eigenvalue weighted by atomic mass is 19.1. The van der Waals surface area contributed by atoms with Crippen molar-refractivity contribution in [3.8, 4) is 0 Å². The number of nitrogens with zero attached hydrogens (tertiary/aromatic N) is 2. The van der Waals surface area contributed by atoms with Crippen molar-refractivity contribution in [2.24, 2.45) is 0 Å². The Hall–Kier alpha value is -3.21. The van der Waals surface area contributed by atoms with Crippen LogP contribution in [0, 0.1) is 5.82 Å². The van der Waals surface area contributed by atoms with Crippen LogP contribution in [0.3, 0.4) is 0 Å². The van der Waals surface area contributed by atoms with E-state index in [-0.39, 0.29) is 18.3 Å². The quantitative estimate of drug-likeness (QED) is 0.756. The van der Waals surface area contributed by atoms with Gasteiger partial charge in [-0.3, -0.25) is 4.79 Å². The molecule has 0 radical (unpaired) electrons. The third-order valence-corrected chi connectivity index (χ3v) is 4.79. The van der Waals surface area contributed by atoms with Crippen LogP contribution in [0.5, 0.6) is 0 Å². The summed E-state index contributed by atoms with van der Waals surface area (Å²) in [6.07, 6.45) is 3.72. The largest absolute Gasteiger partial charge is 0.348 e. The SMILES string of the molecule is O=C(NCc1ccccc1F)c1ccc(N2CCCc3ccccc32)nc1. The van der Waals surface area contributed by atoms with Gasteiger partial charge < -0.3 is 10.2 Å². The van der Waals surface area contributed by atoms with Gasteiger partial charge in [-0.25, -0.2) is 9.37 Å². The summed E-state index contributed by atoms with van der Waals surface area (Å²) in [6, 6.07) is 18.4. The summed E-state index contributed by atoms with van der Waals surface area (Å²) in [6.45, 7) is 1.05. The van der Waals surface area contributed by atoms with Gasteiger partial charge in [0, 0.05) is 30.5 Å². The van der Waals surface area contributed by atoms with E-state index in [1.807, 2.05) is 12.1 Å². The molecule has 5 heteroatoms. The molecule has 0 saturated heterocycles. The number of rotatable bonds is 4. The first-order valence-corrected chi connectivity index (χ1v) is 9.05. The second kappa shape index (κ2) is 7.58. The molecule has 0 bridgehead atoms. The Kier molecular flexibility index (Phi) is 4.83. The second-order valence-electron chi connectivity index (χ2n) is 6.56. The van der Waals surface area contributed by atoms with Crippen molar-refractivity contribution < 1.29 is 9.18 Å². The van der Waals surface area contributed by atoms with Crippen molar-refractivity contribution in [3.63, 3.8) is 0 Å². The van der Waals surface area contributed by atoms with E-state index in [0.29, 0.717) is 11.1 Å². The standard InChI is InChI=1S/C22H20FN3O/c23-19-9-3-1-7-17(19)14-25-22(27)18-11-12-21(24-15-18)26-13-5-8-16-6-2-4-10-20(16)26/h1-4,6-7,9-12,15H,5,8,13-14H2,(H,25,27). The third-order valence-electron chi connectivity index (χ3n) is 4.79. The molecule has 0 atom stereocenters. The Balaban J connectivity index is 1.46. The number of aromatic nitrogens is 1. The van der Waals surface area contributed by atoms with E-state index in [9.17, 15) is 9.18 Å². The number of nitrogens with one attached hydrogen (secondary N) is 1. The van der Waals surface area contributed by atoms with Gasteiger partial charge in [-0.15, -0.1) is 0 Å². The Labute approximate surface area is 157 Å². The molecule has 1 N–H and O–H groups in total. The van der Waals surface area contributed by atoms with Crippen LogP contribution in [0.1, 0.15) is 27.9 Å². The summed E-state index contributed by atoms with van der Waals surface area (Å²) >= 11 is 0. The molecule has 0 aliphatic carbocycles. The first kappa shape index (κ1) is 17.2. The topological polar surface area (TPSA) is 45.2 Å². The first-order valence-electron chi connectivity index (χ1n) is 9.05. The summed E-state index contributed by atoms with van der Waals surface area (Å²) in [7, 11) is 0. The maximum atomic E-state index is 13.7. The van der Waals surface area contributed by atoms with E-state index in [1.165, 1.54) is 17.3 Å². The fourth-order valence-electron chi connectivity index (χ4n) is 3.37. The molecule has 27 heavy (non-hydrogen) atoms. The zero-order chi connectivity index (χ0) is 18.6. The lowest BCUT2D eigenvalue weighted by Gasteiger charge is -2.30. The number of fused-ring (bicyclic) bond motifs is 1. The monoisotopic (exact) mass is 361 g/mol. The van der Waals surface area contributed by atoms with E-state index >= 15 is 0 Å². The first-order chi connectivity index (χ1) is 13.2. The Morgan fingerprint density at radius 1 is 1.07 bits per heavy atom. The van der Waals surface area contributed by atoms with Gasteiger partial charge >= 0.3 is 0 Å². The number of carbonyl (C=O) groups is 1. The Morgan fingerprint density at radius 2 is 1.89 bits per heavy atom. The molecular formula is C22H20FN3O. The van der Waals surface area contributed by atoms with E-state index in [2.05, 4.69) is 33.4 Å². The molecule has 1 aliphatic heterocycles. The van der Waals surface area contributed by atoms with Crippen LogP contribution in [-0.4, -0.2) is 17.4 Å². The number of anilines is 2. The highest BCUT2D eigenvalue weighted by Crippen LogP contribution is 2.32. The average molecular weight is 361 g/mol. The van der Waals surface area contributed by atoms with E-state index in [0.717, 1.165) is 25.2 Å². The zero-order valence-corrected chi connectivity index (χ0v) is 14.9. The molecule has 1 aromatic heterocycles. The lowest BCUT2D eigenvalue weighted by Crippen LogP contribution is -2.26. The lowest BCUT2D eigenvalue weighted by molar-refractivity contribution is 0.0950. The number of aryl methyl sites for hydroxylation is 1.